The van der Waals surface area contributed by atoms with E-state index in [0.717, 1.165) is 27.9 Å². The van der Waals surface area contributed by atoms with Crippen molar-refractivity contribution < 1.29 is 2.74 Å². The van der Waals surface area contributed by atoms with E-state index in [0.29, 0.717) is 0 Å². The molecular weight excluding hydrogens is 466 g/mol. The lowest BCUT2D eigenvalue weighted by Crippen LogP contribution is -1.98. The minimum Gasteiger partial charge on any atom is -0.256 e. The maximum atomic E-state index is 9.29. The topological polar surface area (TPSA) is 12.9 Å². The Labute approximate surface area is 226 Å². The Morgan fingerprint density at radius 2 is 1.46 bits per heavy atom. The molecule has 37 heavy (non-hydrogen) atoms. The lowest BCUT2D eigenvalue weighted by Gasteiger charge is -2.15. The lowest BCUT2D eigenvalue weighted by atomic mass is 9.91. The Morgan fingerprint density at radius 1 is 0.703 bits per heavy atom. The molecule has 0 saturated heterocycles. The van der Waals surface area contributed by atoms with Crippen molar-refractivity contribution in [3.63, 3.8) is 0 Å². The maximum absolute atomic E-state index is 9.29. The molecule has 0 fully saturated rings. The van der Waals surface area contributed by atoms with Crippen LogP contribution in [-0.2, 0) is 0 Å². The molecule has 0 radical (unpaired) electrons. The van der Waals surface area contributed by atoms with Gasteiger partial charge in [-0.25, -0.2) is 0 Å². The number of benzene rings is 4. The summed E-state index contributed by atoms with van der Waals surface area (Å²) in [7, 11) is 0. The Morgan fingerprint density at radius 3 is 2.24 bits per heavy atom. The zero-order chi connectivity index (χ0) is 27.4. The van der Waals surface area contributed by atoms with Gasteiger partial charge in [-0.05, 0) is 58.8 Å². The zero-order valence-corrected chi connectivity index (χ0v) is 22.5. The van der Waals surface area contributed by atoms with E-state index in [4.69, 9.17) is 6.35 Å². The second-order valence-electron chi connectivity index (χ2n) is 10.00. The van der Waals surface area contributed by atoms with Crippen molar-refractivity contribution in [2.24, 2.45) is 0 Å². The molecule has 1 nitrogen and oxygen atoms in total. The SMILES string of the molecule is [2H]C(C)(C)c1ccc(C([2H])(C)c2ccnc(-c3cccc4c3sc3cc(-c5cccc(C)c5)ccc34)c2)cc1. The molecule has 4 aromatic carbocycles. The molecule has 6 rings (SSSR count). The van der Waals surface area contributed by atoms with Crippen molar-refractivity contribution in [1.29, 1.82) is 0 Å². The van der Waals surface area contributed by atoms with Gasteiger partial charge < -0.3 is 0 Å². The normalized spacial score (nSPS) is 14.4. The fraction of sp³-hybridized carbons (Fsp3) is 0.171. The van der Waals surface area contributed by atoms with Crippen LogP contribution < -0.4 is 0 Å². The number of thiophene rings is 1. The van der Waals surface area contributed by atoms with Gasteiger partial charge in [0.25, 0.3) is 0 Å². The van der Waals surface area contributed by atoms with Gasteiger partial charge >= 0.3 is 0 Å². The fourth-order valence-corrected chi connectivity index (χ4v) is 6.30. The van der Waals surface area contributed by atoms with Crippen LogP contribution >= 0.6 is 11.3 Å². The van der Waals surface area contributed by atoms with Gasteiger partial charge in [-0.1, -0.05) is 105 Å². The van der Waals surface area contributed by atoms with Gasteiger partial charge in [0, 0.05) is 40.6 Å². The van der Waals surface area contributed by atoms with Gasteiger partial charge in [-0.15, -0.1) is 11.3 Å². The molecule has 1 atom stereocenters. The highest BCUT2D eigenvalue weighted by molar-refractivity contribution is 7.26. The molecule has 0 spiro atoms. The molecule has 0 amide bonds. The summed E-state index contributed by atoms with van der Waals surface area (Å²) in [5, 5.41) is 2.49. The van der Waals surface area contributed by atoms with Gasteiger partial charge in [-0.2, -0.15) is 0 Å². The largest absolute Gasteiger partial charge is 0.256 e. The summed E-state index contributed by atoms with van der Waals surface area (Å²) in [4.78, 5) is 4.76. The summed E-state index contributed by atoms with van der Waals surface area (Å²) in [5.74, 6) is -1.61. The average Bonchev–Trinajstić information content (AvgIpc) is 3.31. The summed E-state index contributed by atoms with van der Waals surface area (Å²) in [6, 6.07) is 33.7. The first-order chi connectivity index (χ1) is 18.6. The quantitative estimate of drug-likeness (QED) is 0.230. The van der Waals surface area contributed by atoms with Crippen molar-refractivity contribution >= 4 is 31.5 Å². The van der Waals surface area contributed by atoms with Crippen molar-refractivity contribution in [3.8, 4) is 22.4 Å². The Bertz CT molecular complexity index is 1820. The van der Waals surface area contributed by atoms with Crippen LogP contribution in [0.25, 0.3) is 42.6 Å². The van der Waals surface area contributed by atoms with E-state index in [1.807, 2.05) is 57.3 Å². The van der Waals surface area contributed by atoms with Crippen LogP contribution in [0.4, 0.5) is 0 Å². The van der Waals surface area contributed by atoms with E-state index < -0.39 is 11.8 Å². The number of fused-ring (bicyclic) bond motifs is 3. The molecule has 2 aromatic heterocycles. The van der Waals surface area contributed by atoms with Crippen molar-refractivity contribution in [3.05, 3.63) is 126 Å². The van der Waals surface area contributed by atoms with Gasteiger partial charge in [-0.3, -0.25) is 4.98 Å². The third-order valence-electron chi connectivity index (χ3n) is 7.21. The third-order valence-corrected chi connectivity index (χ3v) is 8.42. The predicted octanol–water partition coefficient (Wildman–Crippen LogP) is 10.4. The van der Waals surface area contributed by atoms with Crippen LogP contribution in [0.2, 0.25) is 0 Å². The highest BCUT2D eigenvalue weighted by Crippen LogP contribution is 2.41. The number of nitrogens with zero attached hydrogens (tertiary/aromatic N) is 1. The van der Waals surface area contributed by atoms with E-state index in [2.05, 4.69) is 73.7 Å². The van der Waals surface area contributed by atoms with Gasteiger partial charge in [0.1, 0.15) is 0 Å². The van der Waals surface area contributed by atoms with Gasteiger partial charge in [0.2, 0.25) is 0 Å². The predicted molar refractivity (Wildman–Crippen MR) is 161 cm³/mol. The first-order valence-electron chi connectivity index (χ1n) is 13.7. The molecule has 0 N–H and O–H groups in total. The van der Waals surface area contributed by atoms with Crippen LogP contribution in [-0.4, -0.2) is 4.98 Å². The Kier molecular flexibility index (Phi) is 5.54. The minimum atomic E-state index is -0.945. The van der Waals surface area contributed by atoms with E-state index in [-0.39, 0.29) is 0 Å². The summed E-state index contributed by atoms with van der Waals surface area (Å²) >= 11 is 1.81. The number of hydrogen-bond acceptors (Lipinski definition) is 2. The highest BCUT2D eigenvalue weighted by Gasteiger charge is 2.15. The molecule has 0 saturated carbocycles. The van der Waals surface area contributed by atoms with Crippen LogP contribution in [0.15, 0.2) is 103 Å². The summed E-state index contributed by atoms with van der Waals surface area (Å²) in [6.07, 6.45) is 1.82. The van der Waals surface area contributed by atoms with E-state index in [1.54, 1.807) is 11.3 Å². The van der Waals surface area contributed by atoms with Crippen LogP contribution in [0.1, 0.15) is 57.6 Å². The molecule has 1 unspecified atom stereocenters. The van der Waals surface area contributed by atoms with E-state index >= 15 is 0 Å². The molecule has 0 aliphatic heterocycles. The average molecular weight is 500 g/mol. The number of aryl methyl sites for hydroxylation is 1. The molecule has 2 heteroatoms. The van der Waals surface area contributed by atoms with E-state index in [1.165, 1.54) is 36.9 Å². The van der Waals surface area contributed by atoms with Crippen LogP contribution in [0, 0.1) is 6.92 Å². The van der Waals surface area contributed by atoms with Crippen molar-refractivity contribution in [2.45, 2.75) is 39.5 Å². The van der Waals surface area contributed by atoms with E-state index in [9.17, 15) is 1.37 Å². The zero-order valence-electron chi connectivity index (χ0n) is 23.7. The Hall–Kier alpha value is -3.75. The lowest BCUT2D eigenvalue weighted by molar-refractivity contribution is 0.858. The monoisotopic (exact) mass is 499 g/mol. The summed E-state index contributed by atoms with van der Waals surface area (Å²) in [5.41, 5.74) is 8.43. The third kappa shape index (κ3) is 4.47. The maximum Gasteiger partial charge on any atom is 0.0719 e. The van der Waals surface area contributed by atoms with Gasteiger partial charge in [0.15, 0.2) is 0 Å². The van der Waals surface area contributed by atoms with Crippen LogP contribution in [0.5, 0.6) is 0 Å². The number of aromatic nitrogens is 1. The smallest absolute Gasteiger partial charge is 0.0719 e. The molecule has 182 valence electrons. The molecule has 6 aromatic rings. The molecule has 0 aliphatic carbocycles. The summed E-state index contributed by atoms with van der Waals surface area (Å²) < 4.78 is 20.1. The number of pyridine rings is 1. The second-order valence-corrected chi connectivity index (χ2v) is 11.0. The summed E-state index contributed by atoms with van der Waals surface area (Å²) in [6.45, 7) is 7.83. The number of hydrogen-bond donors (Lipinski definition) is 0. The Balaban J connectivity index is 1.42. The minimum absolute atomic E-state index is 0.662. The molecule has 0 bridgehead atoms. The standard InChI is InChI=1S/C35H31NS/c1-22(2)25-11-13-26(14-12-25)24(4)27-17-18-36-33(20-27)32-10-6-9-31-30-16-15-29(21-34(30)37-35(31)32)28-8-5-7-23(3)19-28/h5-22,24H,1-4H3/i22D,24D. The van der Waals surface area contributed by atoms with Crippen molar-refractivity contribution in [1.82, 2.24) is 4.98 Å². The van der Waals surface area contributed by atoms with Crippen LogP contribution in [0.3, 0.4) is 0 Å². The second kappa shape index (κ2) is 9.61. The molecular formula is C35H31NS. The fourth-order valence-electron chi connectivity index (χ4n) is 5.04. The highest BCUT2D eigenvalue weighted by atomic mass is 32.1. The first-order valence-corrected chi connectivity index (χ1v) is 13.5. The van der Waals surface area contributed by atoms with Gasteiger partial charge in [0.05, 0.1) is 5.69 Å². The number of rotatable bonds is 5. The van der Waals surface area contributed by atoms with Crippen molar-refractivity contribution in [2.75, 3.05) is 0 Å². The molecule has 0 aliphatic rings. The molecule has 2 heterocycles. The first kappa shape index (κ1) is 21.3.